The van der Waals surface area contributed by atoms with Gasteiger partial charge in [0.2, 0.25) is 0 Å². The standard InChI is InChI=1S/C17H12Cl3N3O2/c1-8-14(16(23-25-8)10-4-2-3-5-11(10)18)17(24)22-9-6-12(19)15(21)13(20)7-9/h2-7H,21H2,1H3,(H,22,24). The zero-order valence-electron chi connectivity index (χ0n) is 12.9. The number of benzene rings is 2. The smallest absolute Gasteiger partial charge is 0.261 e. The Morgan fingerprint density at radius 2 is 1.76 bits per heavy atom. The first kappa shape index (κ1) is 17.6. The van der Waals surface area contributed by atoms with Crippen molar-refractivity contribution in [1.29, 1.82) is 0 Å². The number of amides is 1. The zero-order chi connectivity index (χ0) is 18.1. The Kier molecular flexibility index (Phi) is 4.90. The molecular weight excluding hydrogens is 385 g/mol. The van der Waals surface area contributed by atoms with Crippen LogP contribution in [-0.4, -0.2) is 11.1 Å². The van der Waals surface area contributed by atoms with E-state index >= 15 is 0 Å². The van der Waals surface area contributed by atoms with Gasteiger partial charge in [0.05, 0.1) is 20.8 Å². The molecule has 128 valence electrons. The fraction of sp³-hybridized carbons (Fsp3) is 0.0588. The molecule has 0 aliphatic heterocycles. The van der Waals surface area contributed by atoms with Crippen LogP contribution >= 0.6 is 34.8 Å². The first-order valence-electron chi connectivity index (χ1n) is 7.15. The second-order valence-electron chi connectivity index (χ2n) is 5.25. The number of aryl methyl sites for hydroxylation is 1. The van der Waals surface area contributed by atoms with E-state index < -0.39 is 5.91 Å². The molecule has 0 aliphatic rings. The summed E-state index contributed by atoms with van der Waals surface area (Å²) in [7, 11) is 0. The fourth-order valence-electron chi connectivity index (χ4n) is 2.33. The zero-order valence-corrected chi connectivity index (χ0v) is 15.2. The van der Waals surface area contributed by atoms with Crippen molar-refractivity contribution in [3.63, 3.8) is 0 Å². The van der Waals surface area contributed by atoms with Crippen LogP contribution in [0, 0.1) is 6.92 Å². The maximum Gasteiger partial charge on any atom is 0.261 e. The largest absolute Gasteiger partial charge is 0.396 e. The molecule has 25 heavy (non-hydrogen) atoms. The molecule has 2 aromatic carbocycles. The molecule has 0 radical (unpaired) electrons. The van der Waals surface area contributed by atoms with Crippen LogP contribution in [0.15, 0.2) is 40.9 Å². The molecular formula is C17H12Cl3N3O2. The van der Waals surface area contributed by atoms with Crippen LogP contribution < -0.4 is 11.1 Å². The number of nitrogens with one attached hydrogen (secondary N) is 1. The Bertz CT molecular complexity index is 947. The van der Waals surface area contributed by atoms with Crippen molar-refractivity contribution in [3.05, 3.63) is 62.8 Å². The highest BCUT2D eigenvalue weighted by Crippen LogP contribution is 2.33. The van der Waals surface area contributed by atoms with Gasteiger partial charge in [-0.15, -0.1) is 0 Å². The Morgan fingerprint density at radius 3 is 2.40 bits per heavy atom. The monoisotopic (exact) mass is 395 g/mol. The summed E-state index contributed by atoms with van der Waals surface area (Å²) in [5.41, 5.74) is 7.58. The van der Waals surface area contributed by atoms with Gasteiger partial charge < -0.3 is 15.6 Å². The average Bonchev–Trinajstić information content (AvgIpc) is 2.94. The lowest BCUT2D eigenvalue weighted by atomic mass is 10.1. The van der Waals surface area contributed by atoms with E-state index in [9.17, 15) is 4.79 Å². The third-order valence-corrected chi connectivity index (χ3v) is 4.51. The van der Waals surface area contributed by atoms with E-state index in [1.807, 2.05) is 0 Å². The van der Waals surface area contributed by atoms with E-state index in [0.29, 0.717) is 27.7 Å². The Hall–Kier alpha value is -2.21. The van der Waals surface area contributed by atoms with Crippen molar-refractivity contribution in [2.75, 3.05) is 11.1 Å². The van der Waals surface area contributed by atoms with Gasteiger partial charge in [-0.2, -0.15) is 0 Å². The predicted octanol–water partition coefficient (Wildman–Crippen LogP) is 5.44. The molecule has 1 aromatic heterocycles. The summed E-state index contributed by atoms with van der Waals surface area (Å²) >= 11 is 18.2. The van der Waals surface area contributed by atoms with Gasteiger partial charge in [0.25, 0.3) is 5.91 Å². The van der Waals surface area contributed by atoms with Gasteiger partial charge in [-0.25, -0.2) is 0 Å². The lowest BCUT2D eigenvalue weighted by Gasteiger charge is -2.09. The van der Waals surface area contributed by atoms with E-state index in [1.165, 1.54) is 12.1 Å². The van der Waals surface area contributed by atoms with Gasteiger partial charge in [-0.3, -0.25) is 4.79 Å². The molecule has 0 saturated heterocycles. The molecule has 3 rings (SSSR count). The number of anilines is 2. The highest BCUT2D eigenvalue weighted by Gasteiger charge is 2.23. The van der Waals surface area contributed by atoms with Gasteiger partial charge in [0.15, 0.2) is 0 Å². The van der Waals surface area contributed by atoms with Crippen LogP contribution in [0.5, 0.6) is 0 Å². The number of hydrogen-bond donors (Lipinski definition) is 2. The van der Waals surface area contributed by atoms with Crippen LogP contribution in [0.3, 0.4) is 0 Å². The summed E-state index contributed by atoms with van der Waals surface area (Å²) in [6, 6.07) is 10.1. The third-order valence-electron chi connectivity index (χ3n) is 3.56. The number of hydrogen-bond acceptors (Lipinski definition) is 4. The van der Waals surface area contributed by atoms with E-state index in [0.717, 1.165) is 0 Å². The predicted molar refractivity (Wildman–Crippen MR) is 101 cm³/mol. The molecule has 3 aromatic rings. The number of nitrogens with two attached hydrogens (primary N) is 1. The van der Waals surface area contributed by atoms with Gasteiger partial charge in [0.1, 0.15) is 17.0 Å². The summed E-state index contributed by atoms with van der Waals surface area (Å²) in [6.45, 7) is 1.64. The van der Waals surface area contributed by atoms with Crippen LogP contribution in [0.1, 0.15) is 16.1 Å². The van der Waals surface area contributed by atoms with Gasteiger partial charge in [0, 0.05) is 11.3 Å². The van der Waals surface area contributed by atoms with Gasteiger partial charge in [-0.1, -0.05) is 58.2 Å². The van der Waals surface area contributed by atoms with E-state index in [-0.39, 0.29) is 21.3 Å². The van der Waals surface area contributed by atoms with E-state index in [2.05, 4.69) is 10.5 Å². The van der Waals surface area contributed by atoms with Crippen molar-refractivity contribution in [2.45, 2.75) is 6.92 Å². The van der Waals surface area contributed by atoms with Crippen molar-refractivity contribution >= 4 is 52.1 Å². The summed E-state index contributed by atoms with van der Waals surface area (Å²) in [5, 5.41) is 7.64. The highest BCUT2D eigenvalue weighted by atomic mass is 35.5. The minimum Gasteiger partial charge on any atom is -0.396 e. The number of carbonyl (C=O) groups excluding carboxylic acids is 1. The number of aromatic nitrogens is 1. The first-order valence-corrected chi connectivity index (χ1v) is 8.29. The van der Waals surface area contributed by atoms with E-state index in [1.54, 1.807) is 31.2 Å². The fourth-order valence-corrected chi connectivity index (χ4v) is 3.04. The van der Waals surface area contributed by atoms with Crippen molar-refractivity contribution in [2.24, 2.45) is 0 Å². The van der Waals surface area contributed by atoms with Gasteiger partial charge >= 0.3 is 0 Å². The van der Waals surface area contributed by atoms with Crippen LogP contribution in [0.2, 0.25) is 15.1 Å². The molecule has 0 atom stereocenters. The summed E-state index contributed by atoms with van der Waals surface area (Å²) in [5.74, 6) is -0.0642. The van der Waals surface area contributed by atoms with Crippen molar-refractivity contribution in [1.82, 2.24) is 5.16 Å². The number of halogens is 3. The molecule has 1 heterocycles. The second kappa shape index (κ2) is 6.96. The van der Waals surface area contributed by atoms with Crippen molar-refractivity contribution < 1.29 is 9.32 Å². The number of carbonyl (C=O) groups is 1. The third kappa shape index (κ3) is 3.44. The molecule has 3 N–H and O–H groups in total. The highest BCUT2D eigenvalue weighted by molar-refractivity contribution is 6.39. The van der Waals surface area contributed by atoms with E-state index in [4.69, 9.17) is 45.1 Å². The van der Waals surface area contributed by atoms with Crippen molar-refractivity contribution in [3.8, 4) is 11.3 Å². The molecule has 0 unspecified atom stereocenters. The number of nitrogen functional groups attached to an aromatic ring is 1. The minimum absolute atomic E-state index is 0.246. The first-order chi connectivity index (χ1) is 11.9. The SMILES string of the molecule is Cc1onc(-c2ccccc2Cl)c1C(=O)Nc1cc(Cl)c(N)c(Cl)c1. The Morgan fingerprint density at radius 1 is 1.12 bits per heavy atom. The maximum absolute atomic E-state index is 12.7. The quantitative estimate of drug-likeness (QED) is 0.577. The molecule has 1 amide bonds. The topological polar surface area (TPSA) is 81.2 Å². The molecule has 0 fully saturated rings. The maximum atomic E-state index is 12.7. The lowest BCUT2D eigenvalue weighted by molar-refractivity contribution is 0.102. The molecule has 8 heteroatoms. The second-order valence-corrected chi connectivity index (χ2v) is 6.47. The molecule has 5 nitrogen and oxygen atoms in total. The molecule has 0 spiro atoms. The summed E-state index contributed by atoms with van der Waals surface area (Å²) in [6.07, 6.45) is 0. The minimum atomic E-state index is -0.425. The molecule has 0 saturated carbocycles. The molecule has 0 bridgehead atoms. The van der Waals surface area contributed by atoms with Crippen LogP contribution in [-0.2, 0) is 0 Å². The summed E-state index contributed by atoms with van der Waals surface area (Å²) in [4.78, 5) is 12.7. The average molecular weight is 397 g/mol. The Labute approximate surface area is 158 Å². The normalized spacial score (nSPS) is 10.7. The lowest BCUT2D eigenvalue weighted by Crippen LogP contribution is -2.13. The van der Waals surface area contributed by atoms with Gasteiger partial charge in [-0.05, 0) is 25.1 Å². The van der Waals surface area contributed by atoms with Crippen LogP contribution in [0.25, 0.3) is 11.3 Å². The van der Waals surface area contributed by atoms with Crippen LogP contribution in [0.4, 0.5) is 11.4 Å². The Balaban J connectivity index is 1.99. The number of rotatable bonds is 3. The molecule has 0 aliphatic carbocycles. The number of nitrogens with zero attached hydrogens (tertiary/aromatic N) is 1. The summed E-state index contributed by atoms with van der Waals surface area (Å²) < 4.78 is 5.19.